The van der Waals surface area contributed by atoms with Crippen molar-refractivity contribution in [2.24, 2.45) is 7.05 Å². The van der Waals surface area contributed by atoms with Gasteiger partial charge in [0.05, 0.1) is 18.3 Å². The summed E-state index contributed by atoms with van der Waals surface area (Å²) >= 11 is 0. The summed E-state index contributed by atoms with van der Waals surface area (Å²) in [7, 11) is 1.83. The SMILES string of the molecule is Cc1ncn(-c2ccc(NC(=O)c3cn(C)cn3)cc2)c1C. The molecule has 1 aromatic carbocycles. The Morgan fingerprint density at radius 3 is 2.36 bits per heavy atom. The van der Waals surface area contributed by atoms with E-state index < -0.39 is 0 Å². The number of aromatic nitrogens is 4. The standard InChI is InChI=1S/C16H17N5O/c1-11-12(2)21(10-17-11)14-6-4-13(5-7-14)19-16(22)15-8-20(3)9-18-15/h4-10H,1-3H3,(H,19,22). The summed E-state index contributed by atoms with van der Waals surface area (Å²) in [5.74, 6) is -0.219. The van der Waals surface area contributed by atoms with Crippen molar-refractivity contribution in [1.82, 2.24) is 19.1 Å². The van der Waals surface area contributed by atoms with Gasteiger partial charge >= 0.3 is 0 Å². The average molecular weight is 295 g/mol. The maximum Gasteiger partial charge on any atom is 0.275 e. The molecule has 0 fully saturated rings. The first-order valence-electron chi connectivity index (χ1n) is 6.95. The molecular formula is C16H17N5O. The second-order valence-electron chi connectivity index (χ2n) is 5.21. The highest BCUT2D eigenvalue weighted by Gasteiger charge is 2.09. The Morgan fingerprint density at radius 1 is 1.09 bits per heavy atom. The van der Waals surface area contributed by atoms with Crippen molar-refractivity contribution in [2.75, 3.05) is 5.32 Å². The number of rotatable bonds is 3. The summed E-state index contributed by atoms with van der Waals surface area (Å²) in [5.41, 5.74) is 4.24. The van der Waals surface area contributed by atoms with Gasteiger partial charge in [-0.1, -0.05) is 0 Å². The van der Waals surface area contributed by atoms with E-state index in [2.05, 4.69) is 15.3 Å². The number of benzene rings is 1. The number of hydrogen-bond acceptors (Lipinski definition) is 3. The van der Waals surface area contributed by atoms with Gasteiger partial charge in [0, 0.05) is 30.3 Å². The normalized spacial score (nSPS) is 10.7. The summed E-state index contributed by atoms with van der Waals surface area (Å²) < 4.78 is 3.75. The molecule has 22 heavy (non-hydrogen) atoms. The zero-order valence-electron chi connectivity index (χ0n) is 12.7. The molecule has 6 heteroatoms. The summed E-state index contributed by atoms with van der Waals surface area (Å²) in [4.78, 5) is 20.4. The Morgan fingerprint density at radius 2 is 1.82 bits per heavy atom. The molecule has 1 N–H and O–H groups in total. The first kappa shape index (κ1) is 14.1. The number of nitrogens with zero attached hydrogens (tertiary/aromatic N) is 4. The minimum Gasteiger partial charge on any atom is -0.340 e. The smallest absolute Gasteiger partial charge is 0.275 e. The van der Waals surface area contributed by atoms with Gasteiger partial charge < -0.3 is 14.5 Å². The molecule has 0 aliphatic rings. The van der Waals surface area contributed by atoms with E-state index in [0.717, 1.165) is 22.8 Å². The van der Waals surface area contributed by atoms with Crippen LogP contribution in [0.4, 0.5) is 5.69 Å². The van der Waals surface area contributed by atoms with Crippen LogP contribution < -0.4 is 5.32 Å². The van der Waals surface area contributed by atoms with E-state index in [1.54, 1.807) is 23.4 Å². The number of imidazole rings is 2. The van der Waals surface area contributed by atoms with Gasteiger partial charge in [-0.25, -0.2) is 9.97 Å². The van der Waals surface area contributed by atoms with Crippen LogP contribution in [0.1, 0.15) is 21.9 Å². The molecule has 6 nitrogen and oxygen atoms in total. The fourth-order valence-electron chi connectivity index (χ4n) is 2.19. The Hall–Kier alpha value is -2.89. The first-order valence-corrected chi connectivity index (χ1v) is 6.95. The molecule has 0 aliphatic carbocycles. The summed E-state index contributed by atoms with van der Waals surface area (Å²) in [6.07, 6.45) is 5.08. The fourth-order valence-corrected chi connectivity index (χ4v) is 2.19. The van der Waals surface area contributed by atoms with Crippen molar-refractivity contribution in [1.29, 1.82) is 0 Å². The van der Waals surface area contributed by atoms with E-state index in [4.69, 9.17) is 0 Å². The number of carbonyl (C=O) groups is 1. The van der Waals surface area contributed by atoms with E-state index in [0.29, 0.717) is 5.69 Å². The third-order valence-corrected chi connectivity index (χ3v) is 3.59. The molecule has 1 amide bonds. The fraction of sp³-hybridized carbons (Fsp3) is 0.188. The van der Waals surface area contributed by atoms with Gasteiger partial charge in [0.2, 0.25) is 0 Å². The van der Waals surface area contributed by atoms with E-state index in [-0.39, 0.29) is 5.91 Å². The Kier molecular flexibility index (Phi) is 3.50. The van der Waals surface area contributed by atoms with Crippen molar-refractivity contribution in [3.8, 4) is 5.69 Å². The van der Waals surface area contributed by atoms with Gasteiger partial charge in [-0.3, -0.25) is 4.79 Å². The van der Waals surface area contributed by atoms with Crippen LogP contribution in [0.5, 0.6) is 0 Å². The van der Waals surface area contributed by atoms with E-state index in [1.165, 1.54) is 0 Å². The number of amides is 1. The van der Waals surface area contributed by atoms with Crippen molar-refractivity contribution < 1.29 is 4.79 Å². The van der Waals surface area contributed by atoms with Crippen LogP contribution in [-0.4, -0.2) is 25.0 Å². The molecule has 112 valence electrons. The monoisotopic (exact) mass is 295 g/mol. The molecular weight excluding hydrogens is 278 g/mol. The van der Waals surface area contributed by atoms with Gasteiger partial charge in [-0.15, -0.1) is 0 Å². The van der Waals surface area contributed by atoms with E-state index in [1.807, 2.05) is 49.7 Å². The third-order valence-electron chi connectivity index (χ3n) is 3.59. The molecule has 2 aromatic heterocycles. The maximum atomic E-state index is 12.0. The van der Waals surface area contributed by atoms with E-state index in [9.17, 15) is 4.79 Å². The number of anilines is 1. The minimum atomic E-state index is -0.219. The molecule has 0 radical (unpaired) electrons. The van der Waals surface area contributed by atoms with Crippen LogP contribution in [0.2, 0.25) is 0 Å². The largest absolute Gasteiger partial charge is 0.340 e. The Balaban J connectivity index is 1.77. The summed E-state index contributed by atoms with van der Waals surface area (Å²) in [6.45, 7) is 4.01. The highest BCUT2D eigenvalue weighted by atomic mass is 16.1. The van der Waals surface area contributed by atoms with Crippen molar-refractivity contribution in [3.05, 3.63) is 60.2 Å². The molecule has 3 aromatic rings. The van der Waals surface area contributed by atoms with Gasteiger partial charge in [-0.05, 0) is 38.1 Å². The predicted octanol–water partition coefficient (Wildman–Crippen LogP) is 2.47. The molecule has 0 spiro atoms. The highest BCUT2D eigenvalue weighted by Crippen LogP contribution is 2.17. The average Bonchev–Trinajstić information content (AvgIpc) is 3.08. The topological polar surface area (TPSA) is 64.7 Å². The first-order chi connectivity index (χ1) is 10.5. The molecule has 0 atom stereocenters. The highest BCUT2D eigenvalue weighted by molar-refractivity contribution is 6.02. The second kappa shape index (κ2) is 5.48. The summed E-state index contributed by atoms with van der Waals surface area (Å²) in [5, 5.41) is 2.83. The third kappa shape index (κ3) is 2.63. The van der Waals surface area contributed by atoms with Crippen LogP contribution in [0.25, 0.3) is 5.69 Å². The quantitative estimate of drug-likeness (QED) is 0.807. The summed E-state index contributed by atoms with van der Waals surface area (Å²) in [6, 6.07) is 7.63. The van der Waals surface area contributed by atoms with Crippen molar-refractivity contribution in [3.63, 3.8) is 0 Å². The molecule has 0 aliphatic heterocycles. The van der Waals surface area contributed by atoms with Gasteiger partial charge in [0.25, 0.3) is 5.91 Å². The molecule has 3 rings (SSSR count). The Bertz CT molecular complexity index is 813. The lowest BCUT2D eigenvalue weighted by atomic mass is 10.2. The number of nitrogens with one attached hydrogen (secondary N) is 1. The van der Waals surface area contributed by atoms with Crippen molar-refractivity contribution >= 4 is 11.6 Å². The van der Waals surface area contributed by atoms with Crippen LogP contribution >= 0.6 is 0 Å². The van der Waals surface area contributed by atoms with Crippen LogP contribution in [0.3, 0.4) is 0 Å². The zero-order valence-corrected chi connectivity index (χ0v) is 12.7. The maximum absolute atomic E-state index is 12.0. The van der Waals surface area contributed by atoms with Gasteiger partial charge in [0.1, 0.15) is 5.69 Å². The lowest BCUT2D eigenvalue weighted by Crippen LogP contribution is -2.12. The van der Waals surface area contributed by atoms with Gasteiger partial charge in [0.15, 0.2) is 0 Å². The number of hydrogen-bond donors (Lipinski definition) is 1. The lowest BCUT2D eigenvalue weighted by Gasteiger charge is -2.08. The van der Waals surface area contributed by atoms with E-state index >= 15 is 0 Å². The zero-order chi connectivity index (χ0) is 15.7. The molecule has 2 heterocycles. The number of carbonyl (C=O) groups excluding carboxylic acids is 1. The van der Waals surface area contributed by atoms with Crippen molar-refractivity contribution in [2.45, 2.75) is 13.8 Å². The van der Waals surface area contributed by atoms with Crippen LogP contribution in [0.15, 0.2) is 43.1 Å². The molecule has 0 bridgehead atoms. The van der Waals surface area contributed by atoms with Crippen LogP contribution in [-0.2, 0) is 7.05 Å². The predicted molar refractivity (Wildman–Crippen MR) is 84.2 cm³/mol. The Labute approximate surface area is 128 Å². The minimum absolute atomic E-state index is 0.219. The number of aryl methyl sites for hydroxylation is 2. The van der Waals surface area contributed by atoms with Gasteiger partial charge in [-0.2, -0.15) is 0 Å². The van der Waals surface area contributed by atoms with Crippen LogP contribution in [0, 0.1) is 13.8 Å². The second-order valence-corrected chi connectivity index (χ2v) is 5.21. The lowest BCUT2D eigenvalue weighted by molar-refractivity contribution is 0.102. The molecule has 0 unspecified atom stereocenters. The molecule has 0 saturated heterocycles. The molecule has 0 saturated carbocycles.